The van der Waals surface area contributed by atoms with Crippen molar-refractivity contribution in [3.8, 4) is 5.75 Å². The van der Waals surface area contributed by atoms with Gasteiger partial charge >= 0.3 is 0 Å². The molecule has 0 amide bonds. The van der Waals surface area contributed by atoms with Gasteiger partial charge in [0.15, 0.2) is 0 Å². The summed E-state index contributed by atoms with van der Waals surface area (Å²) in [5.41, 5.74) is 2.70. The number of aryl methyl sites for hydroxylation is 1. The Labute approximate surface area is 148 Å². The number of rotatable bonds is 6. The minimum Gasteiger partial charge on any atom is -0.489 e. The van der Waals surface area contributed by atoms with E-state index >= 15 is 0 Å². The predicted molar refractivity (Wildman–Crippen MR) is 102 cm³/mol. The monoisotopic (exact) mass is 334 g/mol. The van der Waals surface area contributed by atoms with E-state index in [0.717, 1.165) is 22.8 Å². The minimum absolute atomic E-state index is 0.102. The first-order chi connectivity index (χ1) is 12.1. The van der Waals surface area contributed by atoms with Crippen molar-refractivity contribution in [3.05, 3.63) is 66.4 Å². The molecule has 1 aromatic heterocycles. The van der Waals surface area contributed by atoms with E-state index in [0.29, 0.717) is 11.8 Å². The summed E-state index contributed by atoms with van der Waals surface area (Å²) in [6, 6.07) is 19.6. The van der Waals surface area contributed by atoms with E-state index in [2.05, 4.69) is 20.6 Å². The number of hydrogen-bond acceptors (Lipinski definition) is 5. The third-order valence-electron chi connectivity index (χ3n) is 3.40. The molecule has 3 rings (SSSR count). The highest BCUT2D eigenvalue weighted by Gasteiger charge is 2.08. The Balaban J connectivity index is 1.84. The van der Waals surface area contributed by atoms with Gasteiger partial charge in [-0.3, -0.25) is 0 Å². The first-order valence-corrected chi connectivity index (χ1v) is 8.30. The van der Waals surface area contributed by atoms with Crippen molar-refractivity contribution in [3.63, 3.8) is 0 Å². The minimum atomic E-state index is 0.102. The van der Waals surface area contributed by atoms with E-state index in [1.165, 1.54) is 0 Å². The fourth-order valence-corrected chi connectivity index (χ4v) is 2.40. The molecule has 0 radical (unpaired) electrons. The number of para-hydroxylation sites is 3. The molecule has 2 aromatic carbocycles. The molecular formula is C20H22N4O. The van der Waals surface area contributed by atoms with Crippen LogP contribution in [0.2, 0.25) is 0 Å². The van der Waals surface area contributed by atoms with Crippen molar-refractivity contribution in [1.82, 2.24) is 9.97 Å². The number of benzene rings is 2. The Morgan fingerprint density at radius 2 is 1.60 bits per heavy atom. The molecule has 128 valence electrons. The Morgan fingerprint density at radius 1 is 0.880 bits per heavy atom. The molecule has 0 unspecified atom stereocenters. The van der Waals surface area contributed by atoms with Crippen molar-refractivity contribution in [2.24, 2.45) is 0 Å². The molecule has 0 spiro atoms. The lowest BCUT2D eigenvalue weighted by molar-refractivity contribution is 0.244. The van der Waals surface area contributed by atoms with Crippen molar-refractivity contribution in [1.29, 1.82) is 0 Å². The standard InChI is InChI=1S/C20H22N4O/c1-14(2)25-18-12-8-7-11-17(18)23-19-13-15(3)21-20(24-19)22-16-9-5-4-6-10-16/h4-14H,1-3H3,(H2,21,22,23,24). The average Bonchev–Trinajstić information content (AvgIpc) is 2.56. The summed E-state index contributed by atoms with van der Waals surface area (Å²) in [5, 5.41) is 6.55. The summed E-state index contributed by atoms with van der Waals surface area (Å²) >= 11 is 0. The van der Waals surface area contributed by atoms with Gasteiger partial charge in [-0.05, 0) is 45.0 Å². The van der Waals surface area contributed by atoms with Crippen LogP contribution in [0, 0.1) is 6.92 Å². The molecule has 0 saturated heterocycles. The highest BCUT2D eigenvalue weighted by molar-refractivity contribution is 5.65. The molecule has 0 bridgehead atoms. The lowest BCUT2D eigenvalue weighted by Crippen LogP contribution is -2.08. The Kier molecular flexibility index (Phi) is 5.14. The quantitative estimate of drug-likeness (QED) is 0.660. The lowest BCUT2D eigenvalue weighted by Gasteiger charge is -2.15. The van der Waals surface area contributed by atoms with Crippen molar-refractivity contribution < 1.29 is 4.74 Å². The van der Waals surface area contributed by atoms with Gasteiger partial charge in [-0.25, -0.2) is 4.98 Å². The van der Waals surface area contributed by atoms with Gasteiger partial charge < -0.3 is 15.4 Å². The van der Waals surface area contributed by atoms with Crippen LogP contribution < -0.4 is 15.4 Å². The maximum Gasteiger partial charge on any atom is 0.229 e. The highest BCUT2D eigenvalue weighted by Crippen LogP contribution is 2.28. The van der Waals surface area contributed by atoms with Gasteiger partial charge in [-0.1, -0.05) is 30.3 Å². The van der Waals surface area contributed by atoms with E-state index in [-0.39, 0.29) is 6.10 Å². The fourth-order valence-electron chi connectivity index (χ4n) is 2.40. The Bertz CT molecular complexity index is 834. The van der Waals surface area contributed by atoms with Crippen LogP contribution >= 0.6 is 0 Å². The van der Waals surface area contributed by atoms with Crippen LogP contribution in [0.1, 0.15) is 19.5 Å². The third kappa shape index (κ3) is 4.70. The van der Waals surface area contributed by atoms with Crippen molar-refractivity contribution in [2.45, 2.75) is 26.9 Å². The van der Waals surface area contributed by atoms with Gasteiger partial charge in [-0.15, -0.1) is 0 Å². The lowest BCUT2D eigenvalue weighted by atomic mass is 10.3. The number of hydrogen-bond donors (Lipinski definition) is 2. The average molecular weight is 334 g/mol. The molecular weight excluding hydrogens is 312 g/mol. The molecule has 1 heterocycles. The zero-order valence-corrected chi connectivity index (χ0v) is 14.7. The zero-order chi connectivity index (χ0) is 17.6. The first-order valence-electron chi connectivity index (χ1n) is 8.30. The smallest absolute Gasteiger partial charge is 0.229 e. The van der Waals surface area contributed by atoms with Gasteiger partial charge in [0.05, 0.1) is 11.8 Å². The Morgan fingerprint density at radius 3 is 2.36 bits per heavy atom. The van der Waals surface area contributed by atoms with Gasteiger partial charge in [0.2, 0.25) is 5.95 Å². The van der Waals surface area contributed by atoms with Gasteiger partial charge in [0.1, 0.15) is 11.6 Å². The second kappa shape index (κ2) is 7.66. The fraction of sp³-hybridized carbons (Fsp3) is 0.200. The topological polar surface area (TPSA) is 59.1 Å². The number of nitrogens with one attached hydrogen (secondary N) is 2. The van der Waals surface area contributed by atoms with Gasteiger partial charge in [-0.2, -0.15) is 4.98 Å². The van der Waals surface area contributed by atoms with E-state index in [1.807, 2.05) is 81.4 Å². The van der Waals surface area contributed by atoms with Crippen molar-refractivity contribution >= 4 is 23.1 Å². The summed E-state index contributed by atoms with van der Waals surface area (Å²) in [6.45, 7) is 5.96. The summed E-state index contributed by atoms with van der Waals surface area (Å²) in [7, 11) is 0. The molecule has 25 heavy (non-hydrogen) atoms. The summed E-state index contributed by atoms with van der Waals surface area (Å²) in [5.74, 6) is 2.06. The van der Waals surface area contributed by atoms with Crippen LogP contribution in [-0.2, 0) is 0 Å². The van der Waals surface area contributed by atoms with E-state index in [4.69, 9.17) is 4.74 Å². The maximum absolute atomic E-state index is 5.85. The van der Waals surface area contributed by atoms with Gasteiger partial charge in [0, 0.05) is 17.4 Å². The summed E-state index contributed by atoms with van der Waals surface area (Å²) < 4.78 is 5.85. The number of anilines is 4. The second-order valence-corrected chi connectivity index (χ2v) is 6.00. The first kappa shape index (κ1) is 16.8. The second-order valence-electron chi connectivity index (χ2n) is 6.00. The van der Waals surface area contributed by atoms with Crippen LogP contribution in [0.15, 0.2) is 60.7 Å². The van der Waals surface area contributed by atoms with Crippen LogP contribution in [0.4, 0.5) is 23.1 Å². The van der Waals surface area contributed by atoms with Crippen LogP contribution in [-0.4, -0.2) is 16.1 Å². The normalized spacial score (nSPS) is 10.6. The molecule has 0 aliphatic rings. The number of ether oxygens (including phenoxy) is 1. The highest BCUT2D eigenvalue weighted by atomic mass is 16.5. The molecule has 0 aliphatic carbocycles. The molecule has 5 nitrogen and oxygen atoms in total. The molecule has 5 heteroatoms. The van der Waals surface area contributed by atoms with Crippen molar-refractivity contribution in [2.75, 3.05) is 10.6 Å². The zero-order valence-electron chi connectivity index (χ0n) is 14.7. The number of nitrogens with zero attached hydrogens (tertiary/aromatic N) is 2. The largest absolute Gasteiger partial charge is 0.489 e. The summed E-state index contributed by atoms with van der Waals surface area (Å²) in [4.78, 5) is 9.00. The molecule has 0 fully saturated rings. The molecule has 0 atom stereocenters. The summed E-state index contributed by atoms with van der Waals surface area (Å²) in [6.07, 6.45) is 0.102. The van der Waals surface area contributed by atoms with E-state index in [1.54, 1.807) is 0 Å². The van der Waals surface area contributed by atoms with Crippen LogP contribution in [0.25, 0.3) is 0 Å². The SMILES string of the molecule is Cc1cc(Nc2ccccc2OC(C)C)nc(Nc2ccccc2)n1. The third-order valence-corrected chi connectivity index (χ3v) is 3.40. The molecule has 2 N–H and O–H groups in total. The maximum atomic E-state index is 5.85. The molecule has 0 saturated carbocycles. The van der Waals surface area contributed by atoms with Crippen LogP contribution in [0.3, 0.4) is 0 Å². The molecule has 3 aromatic rings. The van der Waals surface area contributed by atoms with Crippen LogP contribution in [0.5, 0.6) is 5.75 Å². The number of aromatic nitrogens is 2. The Hall–Kier alpha value is -3.08. The predicted octanol–water partition coefficient (Wildman–Crippen LogP) is 5.06. The molecule has 0 aliphatic heterocycles. The van der Waals surface area contributed by atoms with E-state index < -0.39 is 0 Å². The van der Waals surface area contributed by atoms with E-state index in [9.17, 15) is 0 Å². The van der Waals surface area contributed by atoms with Gasteiger partial charge in [0.25, 0.3) is 0 Å².